The van der Waals surface area contributed by atoms with Gasteiger partial charge in [-0.1, -0.05) is 0 Å². The molecular weight excluding hydrogens is 304 g/mol. The molecule has 0 fully saturated rings. The van der Waals surface area contributed by atoms with Gasteiger partial charge in [0.1, 0.15) is 17.5 Å². The molecule has 124 valence electrons. The second kappa shape index (κ2) is 6.45. The van der Waals surface area contributed by atoms with Crippen LogP contribution in [-0.4, -0.2) is 37.0 Å². The fourth-order valence-electron chi connectivity index (χ4n) is 2.96. The Labute approximate surface area is 140 Å². The molecular formula is C17H20N6O. The first-order valence-corrected chi connectivity index (χ1v) is 8.15. The average molecular weight is 324 g/mol. The highest BCUT2D eigenvalue weighted by Gasteiger charge is 2.17. The van der Waals surface area contributed by atoms with E-state index in [1.807, 2.05) is 31.5 Å². The van der Waals surface area contributed by atoms with E-state index < -0.39 is 0 Å². The number of ether oxygens (including phenoxy) is 1. The van der Waals surface area contributed by atoms with Gasteiger partial charge in [-0.3, -0.25) is 9.67 Å². The zero-order chi connectivity index (χ0) is 16.4. The lowest BCUT2D eigenvalue weighted by Crippen LogP contribution is -2.28. The van der Waals surface area contributed by atoms with Crippen LogP contribution in [0, 0.1) is 0 Å². The summed E-state index contributed by atoms with van der Waals surface area (Å²) in [5.41, 5.74) is 2.11. The largest absolute Gasteiger partial charge is 0.487 e. The van der Waals surface area contributed by atoms with E-state index >= 15 is 0 Å². The third-order valence-electron chi connectivity index (χ3n) is 4.04. The van der Waals surface area contributed by atoms with Crippen LogP contribution in [0.2, 0.25) is 0 Å². The Morgan fingerprint density at radius 3 is 3.17 bits per heavy atom. The quantitative estimate of drug-likeness (QED) is 0.774. The first kappa shape index (κ1) is 14.9. The Morgan fingerprint density at radius 1 is 1.38 bits per heavy atom. The van der Waals surface area contributed by atoms with Crippen LogP contribution in [0.5, 0.6) is 5.75 Å². The van der Waals surface area contributed by atoms with E-state index in [-0.39, 0.29) is 6.10 Å². The van der Waals surface area contributed by atoms with Crippen molar-refractivity contribution in [2.45, 2.75) is 32.7 Å². The van der Waals surface area contributed by atoms with Crippen molar-refractivity contribution in [2.24, 2.45) is 0 Å². The number of fused-ring (bicyclic) bond motifs is 1. The van der Waals surface area contributed by atoms with Gasteiger partial charge in [0.25, 0.3) is 0 Å². The van der Waals surface area contributed by atoms with Crippen LogP contribution in [0.1, 0.15) is 12.6 Å². The summed E-state index contributed by atoms with van der Waals surface area (Å²) in [5, 5.41) is 8.05. The molecule has 0 spiro atoms. The van der Waals surface area contributed by atoms with E-state index in [1.165, 1.54) is 5.69 Å². The summed E-state index contributed by atoms with van der Waals surface area (Å²) in [6, 6.07) is 5.89. The maximum atomic E-state index is 5.91. The molecule has 7 nitrogen and oxygen atoms in total. The molecule has 1 atom stereocenters. The Morgan fingerprint density at radius 2 is 2.33 bits per heavy atom. The maximum absolute atomic E-state index is 5.91. The highest BCUT2D eigenvalue weighted by Crippen LogP contribution is 2.20. The van der Waals surface area contributed by atoms with E-state index in [9.17, 15) is 0 Å². The van der Waals surface area contributed by atoms with Crippen molar-refractivity contribution in [3.05, 3.63) is 48.7 Å². The third kappa shape index (κ3) is 3.03. The molecule has 3 aromatic rings. The first-order valence-electron chi connectivity index (χ1n) is 8.15. The van der Waals surface area contributed by atoms with E-state index in [2.05, 4.69) is 35.7 Å². The maximum Gasteiger partial charge on any atom is 0.160 e. The molecule has 0 aliphatic carbocycles. The molecule has 1 aliphatic rings. The number of hydrogen-bond donors (Lipinski definition) is 1. The van der Waals surface area contributed by atoms with Crippen molar-refractivity contribution < 1.29 is 4.74 Å². The lowest BCUT2D eigenvalue weighted by molar-refractivity contribution is 0.199. The SMILES string of the molecule is CC(Cn1ccnc1-c1cc2n(n1)CCNC2)Oc1cccnc1. The molecule has 3 aromatic heterocycles. The van der Waals surface area contributed by atoms with Gasteiger partial charge < -0.3 is 14.6 Å². The van der Waals surface area contributed by atoms with E-state index in [0.29, 0.717) is 6.54 Å². The van der Waals surface area contributed by atoms with Crippen molar-refractivity contribution in [2.75, 3.05) is 6.54 Å². The summed E-state index contributed by atoms with van der Waals surface area (Å²) in [4.78, 5) is 8.56. The monoisotopic (exact) mass is 324 g/mol. The summed E-state index contributed by atoms with van der Waals surface area (Å²) >= 11 is 0. The van der Waals surface area contributed by atoms with Gasteiger partial charge in [-0.25, -0.2) is 4.98 Å². The summed E-state index contributed by atoms with van der Waals surface area (Å²) in [7, 11) is 0. The molecule has 1 N–H and O–H groups in total. The first-order chi connectivity index (χ1) is 11.8. The van der Waals surface area contributed by atoms with Gasteiger partial charge in [-0.05, 0) is 25.1 Å². The minimum Gasteiger partial charge on any atom is -0.487 e. The fraction of sp³-hybridized carbons (Fsp3) is 0.353. The predicted molar refractivity (Wildman–Crippen MR) is 89.5 cm³/mol. The van der Waals surface area contributed by atoms with Gasteiger partial charge in [0.15, 0.2) is 5.82 Å². The molecule has 4 rings (SSSR count). The van der Waals surface area contributed by atoms with Gasteiger partial charge in [0.2, 0.25) is 0 Å². The lowest BCUT2D eigenvalue weighted by atomic mass is 10.3. The standard InChI is InChI=1S/C17H20N6O/c1-13(24-15-3-2-4-18-11-15)12-22-7-6-20-17(22)16-9-14-10-19-5-8-23(14)21-16/h2-4,6-7,9,11,13,19H,5,8,10,12H2,1H3. The van der Waals surface area contributed by atoms with Crippen LogP contribution in [-0.2, 0) is 19.6 Å². The van der Waals surface area contributed by atoms with E-state index in [0.717, 1.165) is 36.9 Å². The van der Waals surface area contributed by atoms with Gasteiger partial charge in [-0.2, -0.15) is 5.10 Å². The lowest BCUT2D eigenvalue weighted by Gasteiger charge is -2.16. The van der Waals surface area contributed by atoms with Crippen LogP contribution in [0.3, 0.4) is 0 Å². The third-order valence-corrected chi connectivity index (χ3v) is 4.04. The number of pyridine rings is 1. The number of hydrogen-bond acceptors (Lipinski definition) is 5. The summed E-state index contributed by atoms with van der Waals surface area (Å²) in [5.74, 6) is 1.65. The van der Waals surface area contributed by atoms with Crippen molar-refractivity contribution in [3.8, 4) is 17.3 Å². The number of nitrogens with one attached hydrogen (secondary N) is 1. The highest BCUT2D eigenvalue weighted by molar-refractivity contribution is 5.50. The summed E-state index contributed by atoms with van der Waals surface area (Å²) in [6.45, 7) is 5.45. The van der Waals surface area contributed by atoms with Crippen LogP contribution in [0.15, 0.2) is 43.0 Å². The van der Waals surface area contributed by atoms with Crippen LogP contribution < -0.4 is 10.1 Å². The molecule has 0 amide bonds. The summed E-state index contributed by atoms with van der Waals surface area (Å²) < 4.78 is 10.1. The van der Waals surface area contributed by atoms with Crippen LogP contribution in [0.25, 0.3) is 11.5 Å². The Bertz CT molecular complexity index is 786. The zero-order valence-corrected chi connectivity index (χ0v) is 13.6. The fourth-order valence-corrected chi connectivity index (χ4v) is 2.96. The number of aromatic nitrogens is 5. The van der Waals surface area contributed by atoms with Gasteiger partial charge in [0.05, 0.1) is 25.0 Å². The molecule has 4 heterocycles. The Kier molecular flexibility index (Phi) is 4.00. The van der Waals surface area contributed by atoms with E-state index in [1.54, 1.807) is 12.4 Å². The van der Waals surface area contributed by atoms with Crippen LogP contribution in [0.4, 0.5) is 0 Å². The topological polar surface area (TPSA) is 69.8 Å². The Balaban J connectivity index is 1.51. The van der Waals surface area contributed by atoms with Crippen molar-refractivity contribution >= 4 is 0 Å². The minimum atomic E-state index is 0.000978. The number of nitrogens with zero attached hydrogens (tertiary/aromatic N) is 5. The number of rotatable bonds is 5. The number of imidazole rings is 1. The molecule has 0 radical (unpaired) electrons. The zero-order valence-electron chi connectivity index (χ0n) is 13.6. The molecule has 24 heavy (non-hydrogen) atoms. The van der Waals surface area contributed by atoms with Gasteiger partial charge >= 0.3 is 0 Å². The van der Waals surface area contributed by atoms with Crippen molar-refractivity contribution in [3.63, 3.8) is 0 Å². The molecule has 1 aliphatic heterocycles. The highest BCUT2D eigenvalue weighted by atomic mass is 16.5. The van der Waals surface area contributed by atoms with Gasteiger partial charge in [0, 0.05) is 31.7 Å². The molecule has 7 heteroatoms. The minimum absolute atomic E-state index is 0.000978. The van der Waals surface area contributed by atoms with Gasteiger partial charge in [-0.15, -0.1) is 0 Å². The smallest absolute Gasteiger partial charge is 0.160 e. The van der Waals surface area contributed by atoms with Crippen molar-refractivity contribution in [1.29, 1.82) is 0 Å². The Hall–Kier alpha value is -2.67. The second-order valence-corrected chi connectivity index (χ2v) is 5.94. The molecule has 0 saturated carbocycles. The summed E-state index contributed by atoms with van der Waals surface area (Å²) in [6.07, 6.45) is 7.24. The van der Waals surface area contributed by atoms with E-state index in [4.69, 9.17) is 4.74 Å². The molecule has 0 bridgehead atoms. The molecule has 0 saturated heterocycles. The predicted octanol–water partition coefficient (Wildman–Crippen LogP) is 1.71. The molecule has 0 aromatic carbocycles. The van der Waals surface area contributed by atoms with Crippen LogP contribution >= 0.6 is 0 Å². The normalized spacial score (nSPS) is 15.0. The average Bonchev–Trinajstić information content (AvgIpc) is 3.21. The second-order valence-electron chi connectivity index (χ2n) is 5.94. The van der Waals surface area contributed by atoms with Crippen molar-refractivity contribution in [1.82, 2.24) is 29.6 Å². The molecule has 1 unspecified atom stereocenters.